The Labute approximate surface area is 169 Å². The van der Waals surface area contributed by atoms with Crippen LogP contribution in [0.1, 0.15) is 39.5 Å². The molecule has 1 unspecified atom stereocenters. The van der Waals surface area contributed by atoms with E-state index >= 15 is 0 Å². The van der Waals surface area contributed by atoms with Crippen LogP contribution in [0.3, 0.4) is 0 Å². The highest BCUT2D eigenvalue weighted by atomic mass is 16.5. The minimum atomic E-state index is -0.00187. The molecule has 0 saturated heterocycles. The number of methoxy groups -OCH3 is 2. The fraction of sp³-hybridized carbons (Fsp3) is 0.261. The molecule has 1 aliphatic rings. The maximum Gasteiger partial charge on any atom is 0.227 e. The molecular weight excluding hydrogens is 366 g/mol. The Balaban J connectivity index is 1.62. The van der Waals surface area contributed by atoms with E-state index in [0.29, 0.717) is 24.4 Å². The Morgan fingerprint density at radius 2 is 1.83 bits per heavy atom. The van der Waals surface area contributed by atoms with Gasteiger partial charge in [-0.25, -0.2) is 9.97 Å². The van der Waals surface area contributed by atoms with Gasteiger partial charge < -0.3 is 14.8 Å². The minimum absolute atomic E-state index is 0.00187. The lowest BCUT2D eigenvalue weighted by Crippen LogP contribution is -2.21. The van der Waals surface area contributed by atoms with E-state index in [2.05, 4.69) is 15.3 Å². The second-order valence-electron chi connectivity index (χ2n) is 7.18. The number of carbonyl (C=O) groups is 1. The third-order valence-corrected chi connectivity index (χ3v) is 5.23. The standard InChI is InChI=1S/C23H23N3O3/c1-14-4-6-16(7-5-14)25-23-24-13-19-20(26-23)10-15(11-21(19)27)18-9-8-17(28-2)12-22(18)29-3/h4-9,12-13,15H,10-11H2,1-3H3,(H,24,25,26). The van der Waals surface area contributed by atoms with E-state index in [-0.39, 0.29) is 11.7 Å². The average molecular weight is 389 g/mol. The highest BCUT2D eigenvalue weighted by molar-refractivity contribution is 5.98. The molecule has 6 heteroatoms. The number of Topliss-reactive ketones (excluding diaryl/α,β-unsaturated/α-hetero) is 1. The van der Waals surface area contributed by atoms with Gasteiger partial charge in [0, 0.05) is 30.3 Å². The van der Waals surface area contributed by atoms with Gasteiger partial charge in [-0.15, -0.1) is 0 Å². The number of ether oxygens (including phenoxy) is 2. The van der Waals surface area contributed by atoms with Gasteiger partial charge in [-0.1, -0.05) is 23.8 Å². The number of hydrogen-bond donors (Lipinski definition) is 1. The van der Waals surface area contributed by atoms with Crippen LogP contribution in [0.25, 0.3) is 0 Å². The molecule has 1 aliphatic carbocycles. The number of rotatable bonds is 5. The molecule has 4 rings (SSSR count). The van der Waals surface area contributed by atoms with Gasteiger partial charge in [-0.2, -0.15) is 0 Å². The zero-order valence-electron chi connectivity index (χ0n) is 16.7. The highest BCUT2D eigenvalue weighted by Gasteiger charge is 2.30. The van der Waals surface area contributed by atoms with Gasteiger partial charge in [0.2, 0.25) is 5.95 Å². The molecule has 1 aromatic heterocycles. The summed E-state index contributed by atoms with van der Waals surface area (Å²) in [5, 5.41) is 3.21. The fourth-order valence-electron chi connectivity index (χ4n) is 3.65. The first-order valence-electron chi connectivity index (χ1n) is 9.52. The van der Waals surface area contributed by atoms with Crippen molar-refractivity contribution in [2.75, 3.05) is 19.5 Å². The quantitative estimate of drug-likeness (QED) is 0.695. The van der Waals surface area contributed by atoms with Crippen molar-refractivity contribution < 1.29 is 14.3 Å². The molecule has 1 atom stereocenters. The van der Waals surface area contributed by atoms with E-state index in [1.165, 1.54) is 5.56 Å². The number of benzene rings is 2. The van der Waals surface area contributed by atoms with Crippen molar-refractivity contribution in [2.45, 2.75) is 25.7 Å². The normalized spacial score (nSPS) is 15.6. The van der Waals surface area contributed by atoms with Crippen LogP contribution >= 0.6 is 0 Å². The Bertz CT molecular complexity index is 1050. The van der Waals surface area contributed by atoms with E-state index in [1.54, 1.807) is 20.4 Å². The number of fused-ring (bicyclic) bond motifs is 1. The van der Waals surface area contributed by atoms with Gasteiger partial charge >= 0.3 is 0 Å². The molecule has 1 N–H and O–H groups in total. The Morgan fingerprint density at radius 3 is 2.55 bits per heavy atom. The van der Waals surface area contributed by atoms with Gasteiger partial charge in [0.1, 0.15) is 11.5 Å². The third-order valence-electron chi connectivity index (χ3n) is 5.23. The van der Waals surface area contributed by atoms with Gasteiger partial charge in [-0.3, -0.25) is 4.79 Å². The van der Waals surface area contributed by atoms with Crippen LogP contribution < -0.4 is 14.8 Å². The minimum Gasteiger partial charge on any atom is -0.497 e. The van der Waals surface area contributed by atoms with Crippen LogP contribution in [0.4, 0.5) is 11.6 Å². The number of hydrogen-bond acceptors (Lipinski definition) is 6. The number of nitrogens with zero attached hydrogens (tertiary/aromatic N) is 2. The van der Waals surface area contributed by atoms with Gasteiger partial charge in [-0.05, 0) is 37.1 Å². The topological polar surface area (TPSA) is 73.3 Å². The van der Waals surface area contributed by atoms with Crippen LogP contribution in [0.5, 0.6) is 11.5 Å². The molecule has 29 heavy (non-hydrogen) atoms. The number of ketones is 1. The zero-order valence-corrected chi connectivity index (χ0v) is 16.7. The van der Waals surface area contributed by atoms with E-state index in [9.17, 15) is 4.79 Å². The maximum atomic E-state index is 12.7. The summed E-state index contributed by atoms with van der Waals surface area (Å²) < 4.78 is 10.8. The lowest BCUT2D eigenvalue weighted by atomic mass is 9.82. The molecule has 0 bridgehead atoms. The van der Waals surface area contributed by atoms with Crippen molar-refractivity contribution in [2.24, 2.45) is 0 Å². The van der Waals surface area contributed by atoms with Gasteiger partial charge in [0.05, 0.1) is 25.5 Å². The average Bonchev–Trinajstić information content (AvgIpc) is 2.74. The monoisotopic (exact) mass is 389 g/mol. The number of aryl methyl sites for hydroxylation is 1. The number of nitrogens with one attached hydrogen (secondary N) is 1. The Morgan fingerprint density at radius 1 is 1.03 bits per heavy atom. The van der Waals surface area contributed by atoms with Crippen molar-refractivity contribution in [1.82, 2.24) is 9.97 Å². The predicted octanol–water partition coefficient (Wildman–Crippen LogP) is 4.46. The van der Waals surface area contributed by atoms with E-state index in [4.69, 9.17) is 9.47 Å². The SMILES string of the molecule is COc1ccc(C2CC(=O)c3cnc(Nc4ccc(C)cc4)nc3C2)c(OC)c1. The second-order valence-corrected chi connectivity index (χ2v) is 7.18. The molecule has 3 aromatic rings. The summed E-state index contributed by atoms with van der Waals surface area (Å²) >= 11 is 0. The Hall–Kier alpha value is -3.41. The van der Waals surface area contributed by atoms with Crippen molar-refractivity contribution in [3.05, 3.63) is 71.0 Å². The molecule has 1 heterocycles. The molecule has 0 saturated carbocycles. The summed E-state index contributed by atoms with van der Waals surface area (Å²) in [4.78, 5) is 21.7. The smallest absolute Gasteiger partial charge is 0.227 e. The summed E-state index contributed by atoms with van der Waals surface area (Å²) in [5.41, 5.74) is 4.44. The largest absolute Gasteiger partial charge is 0.497 e. The summed E-state index contributed by atoms with van der Waals surface area (Å²) in [6.07, 6.45) is 2.68. The molecule has 6 nitrogen and oxygen atoms in total. The molecule has 0 aliphatic heterocycles. The van der Waals surface area contributed by atoms with Crippen LogP contribution in [-0.2, 0) is 6.42 Å². The first-order chi connectivity index (χ1) is 14.1. The molecule has 0 radical (unpaired) electrons. The summed E-state index contributed by atoms with van der Waals surface area (Å²) in [5.74, 6) is 1.98. The summed E-state index contributed by atoms with van der Waals surface area (Å²) in [7, 11) is 3.25. The van der Waals surface area contributed by atoms with Crippen molar-refractivity contribution in [3.8, 4) is 11.5 Å². The van der Waals surface area contributed by atoms with Crippen LogP contribution in [0, 0.1) is 6.92 Å². The molecule has 2 aromatic carbocycles. The first kappa shape index (κ1) is 18.9. The lowest BCUT2D eigenvalue weighted by Gasteiger charge is -2.25. The summed E-state index contributed by atoms with van der Waals surface area (Å²) in [6.45, 7) is 2.04. The zero-order chi connectivity index (χ0) is 20.4. The molecular formula is C23H23N3O3. The van der Waals surface area contributed by atoms with Crippen molar-refractivity contribution in [1.29, 1.82) is 0 Å². The lowest BCUT2D eigenvalue weighted by molar-refractivity contribution is 0.0962. The van der Waals surface area contributed by atoms with E-state index in [0.717, 1.165) is 28.4 Å². The maximum absolute atomic E-state index is 12.7. The first-order valence-corrected chi connectivity index (χ1v) is 9.52. The third kappa shape index (κ3) is 3.92. The predicted molar refractivity (Wildman–Crippen MR) is 111 cm³/mol. The molecule has 0 spiro atoms. The van der Waals surface area contributed by atoms with Gasteiger partial charge in [0.25, 0.3) is 0 Å². The molecule has 0 amide bonds. The fourth-order valence-corrected chi connectivity index (χ4v) is 3.65. The highest BCUT2D eigenvalue weighted by Crippen LogP contribution is 2.38. The molecule has 0 fully saturated rings. The molecule has 148 valence electrons. The van der Waals surface area contributed by atoms with Crippen LogP contribution in [0.15, 0.2) is 48.7 Å². The van der Waals surface area contributed by atoms with E-state index < -0.39 is 0 Å². The second kappa shape index (κ2) is 7.91. The van der Waals surface area contributed by atoms with Crippen LogP contribution in [0.2, 0.25) is 0 Å². The number of aromatic nitrogens is 2. The number of carbonyl (C=O) groups excluding carboxylic acids is 1. The van der Waals surface area contributed by atoms with Crippen molar-refractivity contribution in [3.63, 3.8) is 0 Å². The summed E-state index contributed by atoms with van der Waals surface area (Å²) in [6, 6.07) is 13.7. The van der Waals surface area contributed by atoms with E-state index in [1.807, 2.05) is 49.4 Å². The van der Waals surface area contributed by atoms with Crippen molar-refractivity contribution >= 4 is 17.4 Å². The van der Waals surface area contributed by atoms with Crippen LogP contribution in [-0.4, -0.2) is 30.0 Å². The van der Waals surface area contributed by atoms with Gasteiger partial charge in [0.15, 0.2) is 5.78 Å². The number of anilines is 2. The Kier molecular flexibility index (Phi) is 5.16.